The van der Waals surface area contributed by atoms with E-state index in [1.807, 2.05) is 0 Å². The number of benzene rings is 2. The molecule has 1 aliphatic rings. The summed E-state index contributed by atoms with van der Waals surface area (Å²) in [7, 11) is -2.26. The first-order chi connectivity index (χ1) is 19.0. The molecule has 0 aliphatic carbocycles. The highest BCUT2D eigenvalue weighted by atomic mass is 79.9. The van der Waals surface area contributed by atoms with Crippen molar-refractivity contribution in [2.24, 2.45) is 0 Å². The van der Waals surface area contributed by atoms with Gasteiger partial charge in [0.25, 0.3) is 5.91 Å². The van der Waals surface area contributed by atoms with Gasteiger partial charge in [0.2, 0.25) is 0 Å². The number of halogens is 2. The summed E-state index contributed by atoms with van der Waals surface area (Å²) in [5, 5.41) is 9.59. The zero-order valence-electron chi connectivity index (χ0n) is 23.5. The maximum absolute atomic E-state index is 13.6. The normalized spacial score (nSPS) is 14.5. The third-order valence-electron chi connectivity index (χ3n) is 6.60. The molecule has 3 amide bonds. The van der Waals surface area contributed by atoms with E-state index in [-0.39, 0.29) is 45.7 Å². The molecule has 224 valence electrons. The maximum atomic E-state index is 13.6. The molecule has 14 heteroatoms. The van der Waals surface area contributed by atoms with Gasteiger partial charge in [0, 0.05) is 41.4 Å². The van der Waals surface area contributed by atoms with Gasteiger partial charge in [0.1, 0.15) is 5.60 Å². The number of likely N-dealkylation sites (tertiary alicyclic amines) is 1. The molecule has 0 radical (unpaired) electrons. The van der Waals surface area contributed by atoms with Crippen molar-refractivity contribution in [1.29, 1.82) is 0 Å². The first-order valence-corrected chi connectivity index (χ1v) is 15.7. The van der Waals surface area contributed by atoms with Crippen LogP contribution in [-0.4, -0.2) is 74.1 Å². The first kappa shape index (κ1) is 32.5. The predicted molar refractivity (Wildman–Crippen MR) is 162 cm³/mol. The number of carbonyl (C=O) groups excluding carboxylic acids is 2. The van der Waals surface area contributed by atoms with E-state index in [0.29, 0.717) is 23.0 Å². The molecule has 1 aliphatic heterocycles. The van der Waals surface area contributed by atoms with Crippen molar-refractivity contribution in [3.8, 4) is 0 Å². The monoisotopic (exact) mass is 672 g/mol. The average molecular weight is 674 g/mol. The number of ether oxygens (including phenoxy) is 1. The Kier molecular flexibility index (Phi) is 9.87. The lowest BCUT2D eigenvalue weighted by atomic mass is 10.0. The van der Waals surface area contributed by atoms with Crippen LogP contribution in [0.1, 0.15) is 50.9 Å². The molecule has 0 atom stereocenters. The van der Waals surface area contributed by atoms with Gasteiger partial charge in [-0.05, 0) is 79.9 Å². The summed E-state index contributed by atoms with van der Waals surface area (Å²) in [6, 6.07) is 6.74. The molecular weight excluding hydrogens is 640 g/mol. The number of piperidine rings is 1. The standard InChI is InChI=1S/C27H34BrClN4O7S/c1-6-41(38,39)23-8-7-16(29)13-22(23)31(5)24(34)18-14-19(28)21(15-20(18)30)33(26(37)40-27(2,3)4)17-9-11-32(12-10-17)25(35)36/h7-8,13-15,17H,6,9-12,30H2,1-5H3,(H,35,36). The van der Waals surface area contributed by atoms with Crippen molar-refractivity contribution in [2.75, 3.05) is 41.4 Å². The van der Waals surface area contributed by atoms with Crippen molar-refractivity contribution in [1.82, 2.24) is 4.90 Å². The van der Waals surface area contributed by atoms with Gasteiger partial charge in [0.15, 0.2) is 9.84 Å². The minimum Gasteiger partial charge on any atom is -0.465 e. The maximum Gasteiger partial charge on any atom is 0.415 e. The van der Waals surface area contributed by atoms with E-state index in [4.69, 9.17) is 22.1 Å². The fourth-order valence-corrected chi connectivity index (χ4v) is 6.28. The number of sulfone groups is 1. The smallest absolute Gasteiger partial charge is 0.415 e. The van der Waals surface area contributed by atoms with Crippen molar-refractivity contribution in [3.05, 3.63) is 45.4 Å². The second kappa shape index (κ2) is 12.5. The molecule has 11 nitrogen and oxygen atoms in total. The number of nitrogens with two attached hydrogens (primary N) is 1. The predicted octanol–water partition coefficient (Wildman–Crippen LogP) is 5.64. The van der Waals surface area contributed by atoms with E-state index in [2.05, 4.69) is 15.9 Å². The Labute approximate surface area is 253 Å². The summed E-state index contributed by atoms with van der Waals surface area (Å²) in [4.78, 5) is 42.3. The molecule has 0 aromatic heterocycles. The average Bonchev–Trinajstić information content (AvgIpc) is 2.88. The Morgan fingerprint density at radius 1 is 1.15 bits per heavy atom. The Balaban J connectivity index is 2.03. The van der Waals surface area contributed by atoms with Crippen molar-refractivity contribution < 1.29 is 32.6 Å². The summed E-state index contributed by atoms with van der Waals surface area (Å²) < 4.78 is 31.5. The van der Waals surface area contributed by atoms with Gasteiger partial charge >= 0.3 is 12.2 Å². The Morgan fingerprint density at radius 3 is 2.29 bits per heavy atom. The van der Waals surface area contributed by atoms with Crippen molar-refractivity contribution in [3.63, 3.8) is 0 Å². The van der Waals surface area contributed by atoms with E-state index in [1.165, 1.54) is 59.0 Å². The molecular formula is C27H34BrClN4O7S. The van der Waals surface area contributed by atoms with Crippen molar-refractivity contribution in [2.45, 2.75) is 57.1 Å². The molecule has 2 aromatic rings. The molecule has 3 rings (SSSR count). The van der Waals surface area contributed by atoms with E-state index in [1.54, 1.807) is 20.8 Å². The van der Waals surface area contributed by atoms with Crippen LogP contribution in [0.15, 0.2) is 39.7 Å². The van der Waals surface area contributed by atoms with Gasteiger partial charge in [-0.2, -0.15) is 0 Å². The Morgan fingerprint density at radius 2 is 1.76 bits per heavy atom. The highest BCUT2D eigenvalue weighted by molar-refractivity contribution is 9.10. The summed E-state index contributed by atoms with van der Waals surface area (Å²) in [5.74, 6) is -0.763. The van der Waals surface area contributed by atoms with Crippen molar-refractivity contribution >= 4 is 72.5 Å². The second-order valence-electron chi connectivity index (χ2n) is 10.6. The number of amides is 3. The van der Waals surface area contributed by atoms with E-state index in [9.17, 15) is 27.9 Å². The highest BCUT2D eigenvalue weighted by Gasteiger charge is 2.35. The number of carbonyl (C=O) groups is 3. The van der Waals surface area contributed by atoms with Crippen LogP contribution in [0.3, 0.4) is 0 Å². The zero-order chi connectivity index (χ0) is 30.9. The molecule has 1 saturated heterocycles. The van der Waals surface area contributed by atoms with Crippen LogP contribution in [0.25, 0.3) is 0 Å². The number of nitrogens with zero attached hydrogens (tertiary/aromatic N) is 3. The van der Waals surface area contributed by atoms with Crippen LogP contribution in [0.2, 0.25) is 5.02 Å². The number of rotatable bonds is 6. The lowest BCUT2D eigenvalue weighted by Gasteiger charge is -2.38. The highest BCUT2D eigenvalue weighted by Crippen LogP contribution is 2.37. The number of nitrogen functional groups attached to an aromatic ring is 1. The van der Waals surface area contributed by atoms with Gasteiger partial charge in [0.05, 0.1) is 27.6 Å². The zero-order valence-corrected chi connectivity index (χ0v) is 26.6. The van der Waals surface area contributed by atoms with E-state index >= 15 is 0 Å². The molecule has 3 N–H and O–H groups in total. The fraction of sp³-hybridized carbons (Fsp3) is 0.444. The molecule has 0 bridgehead atoms. The molecule has 1 heterocycles. The number of carboxylic acid groups (broad SMARTS) is 1. The summed E-state index contributed by atoms with van der Waals surface area (Å²) in [6.45, 7) is 7.18. The first-order valence-electron chi connectivity index (χ1n) is 12.9. The van der Waals surface area contributed by atoms with Gasteiger partial charge in [-0.3, -0.25) is 9.69 Å². The Bertz CT molecular complexity index is 1450. The third-order valence-corrected chi connectivity index (χ3v) is 9.25. The summed E-state index contributed by atoms with van der Waals surface area (Å²) >= 11 is 9.62. The van der Waals surface area contributed by atoms with Gasteiger partial charge in [-0.15, -0.1) is 0 Å². The lowest BCUT2D eigenvalue weighted by molar-refractivity contribution is 0.0549. The number of hydrogen-bond acceptors (Lipinski definition) is 7. The van der Waals surface area contributed by atoms with Crippen LogP contribution in [0.4, 0.5) is 26.7 Å². The second-order valence-corrected chi connectivity index (χ2v) is 14.2. The van der Waals surface area contributed by atoms with Gasteiger partial charge < -0.3 is 25.4 Å². The molecule has 1 fully saturated rings. The van der Waals surface area contributed by atoms with Crippen LogP contribution in [0, 0.1) is 0 Å². The third kappa shape index (κ3) is 7.44. The Hall–Kier alpha value is -3.03. The summed E-state index contributed by atoms with van der Waals surface area (Å²) in [5.41, 5.74) is 6.12. The van der Waals surface area contributed by atoms with Gasteiger partial charge in [-0.25, -0.2) is 18.0 Å². The van der Waals surface area contributed by atoms with Crippen LogP contribution < -0.4 is 15.5 Å². The largest absolute Gasteiger partial charge is 0.465 e. The quantitative estimate of drug-likeness (QED) is 0.374. The van der Waals surface area contributed by atoms with Crippen LogP contribution in [0.5, 0.6) is 0 Å². The molecule has 2 aromatic carbocycles. The van der Waals surface area contributed by atoms with E-state index < -0.39 is 39.6 Å². The van der Waals surface area contributed by atoms with E-state index in [0.717, 1.165) is 0 Å². The molecule has 0 unspecified atom stereocenters. The van der Waals surface area contributed by atoms with Crippen LogP contribution >= 0.6 is 27.5 Å². The number of hydrogen-bond donors (Lipinski definition) is 2. The lowest BCUT2D eigenvalue weighted by Crippen LogP contribution is -2.50. The number of anilines is 3. The van der Waals surface area contributed by atoms with Crippen LogP contribution in [-0.2, 0) is 14.6 Å². The minimum atomic E-state index is -3.68. The van der Waals surface area contributed by atoms with Gasteiger partial charge in [-0.1, -0.05) is 18.5 Å². The SMILES string of the molecule is CCS(=O)(=O)c1ccc(Cl)cc1N(C)C(=O)c1cc(Br)c(N(C(=O)OC(C)(C)C)C2CCN(C(=O)O)CC2)cc1N. The fourth-order valence-electron chi connectivity index (χ4n) is 4.48. The topological polar surface area (TPSA) is 151 Å². The summed E-state index contributed by atoms with van der Waals surface area (Å²) in [6.07, 6.45) is -0.939. The molecule has 0 spiro atoms. The molecule has 41 heavy (non-hydrogen) atoms. The molecule has 0 saturated carbocycles. The minimum absolute atomic E-state index is 0.0403.